The van der Waals surface area contributed by atoms with Gasteiger partial charge in [-0.05, 0) is 13.3 Å². The summed E-state index contributed by atoms with van der Waals surface area (Å²) >= 11 is 0. The molecule has 1 aliphatic heterocycles. The van der Waals surface area contributed by atoms with E-state index >= 15 is 0 Å². The Balaban J connectivity index is 2.20. The summed E-state index contributed by atoms with van der Waals surface area (Å²) in [5.74, 6) is 0.0592. The summed E-state index contributed by atoms with van der Waals surface area (Å²) in [7, 11) is 0. The number of nitrogens with one attached hydrogen (secondary N) is 3. The molecule has 92 valence electrons. The van der Waals surface area contributed by atoms with E-state index in [0.717, 1.165) is 19.4 Å². The van der Waals surface area contributed by atoms with Gasteiger partial charge in [0.1, 0.15) is 0 Å². The molecule has 5 nitrogen and oxygen atoms in total. The zero-order chi connectivity index (χ0) is 12.0. The third kappa shape index (κ3) is 4.18. The van der Waals surface area contributed by atoms with Gasteiger partial charge in [-0.1, -0.05) is 13.3 Å². The summed E-state index contributed by atoms with van der Waals surface area (Å²) in [6.07, 6.45) is 2.54. The molecule has 0 aromatic rings. The fraction of sp³-hybridized carbons (Fsp3) is 0.818. The van der Waals surface area contributed by atoms with E-state index in [1.165, 1.54) is 0 Å². The Kier molecular flexibility index (Phi) is 5.25. The number of unbranched alkanes of at least 4 members (excludes halogenated alkanes) is 1. The Bertz CT molecular complexity index is 256. The van der Waals surface area contributed by atoms with Gasteiger partial charge < -0.3 is 16.0 Å². The van der Waals surface area contributed by atoms with E-state index < -0.39 is 0 Å². The van der Waals surface area contributed by atoms with E-state index in [1.54, 1.807) is 0 Å². The molecule has 0 saturated carbocycles. The van der Waals surface area contributed by atoms with Crippen LogP contribution in [0.4, 0.5) is 0 Å². The summed E-state index contributed by atoms with van der Waals surface area (Å²) in [6.45, 7) is 5.25. The zero-order valence-electron chi connectivity index (χ0n) is 10.0. The van der Waals surface area contributed by atoms with Gasteiger partial charge in [-0.2, -0.15) is 0 Å². The van der Waals surface area contributed by atoms with Crippen LogP contribution in [0, 0.1) is 0 Å². The standard InChI is InChI=1S/C11H21N3O2/c1-3-4-5-12-11(16)8(2)14-9-6-10(15)13-7-9/h8-9,14H,3-7H2,1-2H3,(H,12,16)(H,13,15). The molecule has 1 saturated heterocycles. The second-order valence-electron chi connectivity index (χ2n) is 4.24. The summed E-state index contributed by atoms with van der Waals surface area (Å²) in [5.41, 5.74) is 0. The highest BCUT2D eigenvalue weighted by Crippen LogP contribution is 2.00. The number of carbonyl (C=O) groups is 2. The molecule has 0 aliphatic carbocycles. The molecule has 1 heterocycles. The van der Waals surface area contributed by atoms with Crippen molar-refractivity contribution in [3.8, 4) is 0 Å². The van der Waals surface area contributed by atoms with Crippen LogP contribution < -0.4 is 16.0 Å². The summed E-state index contributed by atoms with van der Waals surface area (Å²) in [6, 6.07) is -0.158. The van der Waals surface area contributed by atoms with Gasteiger partial charge in [-0.3, -0.25) is 9.59 Å². The molecule has 3 N–H and O–H groups in total. The van der Waals surface area contributed by atoms with Gasteiger partial charge in [-0.15, -0.1) is 0 Å². The van der Waals surface area contributed by atoms with E-state index in [2.05, 4.69) is 22.9 Å². The topological polar surface area (TPSA) is 70.2 Å². The van der Waals surface area contributed by atoms with Gasteiger partial charge in [0.05, 0.1) is 6.04 Å². The highest BCUT2D eigenvalue weighted by atomic mass is 16.2. The molecule has 0 spiro atoms. The van der Waals surface area contributed by atoms with Gasteiger partial charge >= 0.3 is 0 Å². The SMILES string of the molecule is CCCCNC(=O)C(C)NC1CNC(=O)C1. The number of hydrogen-bond donors (Lipinski definition) is 3. The average Bonchev–Trinajstić information content (AvgIpc) is 2.64. The Morgan fingerprint density at radius 3 is 2.94 bits per heavy atom. The second-order valence-corrected chi connectivity index (χ2v) is 4.24. The predicted octanol–water partition coefficient (Wildman–Crippen LogP) is -0.231. The van der Waals surface area contributed by atoms with E-state index in [-0.39, 0.29) is 23.9 Å². The molecule has 2 amide bonds. The van der Waals surface area contributed by atoms with Crippen LogP contribution in [-0.2, 0) is 9.59 Å². The molecular weight excluding hydrogens is 206 g/mol. The van der Waals surface area contributed by atoms with Crippen LogP contribution >= 0.6 is 0 Å². The number of amides is 2. The van der Waals surface area contributed by atoms with Crippen molar-refractivity contribution < 1.29 is 9.59 Å². The first-order valence-electron chi connectivity index (χ1n) is 5.94. The lowest BCUT2D eigenvalue weighted by Crippen LogP contribution is -2.47. The lowest BCUT2D eigenvalue weighted by Gasteiger charge is -2.17. The highest BCUT2D eigenvalue weighted by molar-refractivity contribution is 5.82. The van der Waals surface area contributed by atoms with Crippen LogP contribution in [0.15, 0.2) is 0 Å². The number of rotatable bonds is 6. The van der Waals surface area contributed by atoms with Crippen LogP contribution in [0.2, 0.25) is 0 Å². The van der Waals surface area contributed by atoms with Crippen molar-refractivity contribution in [1.29, 1.82) is 0 Å². The molecule has 2 atom stereocenters. The van der Waals surface area contributed by atoms with Crippen LogP contribution in [0.1, 0.15) is 33.1 Å². The predicted molar refractivity (Wildman–Crippen MR) is 61.9 cm³/mol. The molecule has 2 unspecified atom stereocenters. The largest absolute Gasteiger partial charge is 0.355 e. The molecule has 5 heteroatoms. The average molecular weight is 227 g/mol. The highest BCUT2D eigenvalue weighted by Gasteiger charge is 2.24. The fourth-order valence-electron chi connectivity index (χ4n) is 1.69. The van der Waals surface area contributed by atoms with Crippen LogP contribution in [0.25, 0.3) is 0 Å². The Labute approximate surface area is 96.4 Å². The molecular formula is C11H21N3O2. The Hall–Kier alpha value is -1.10. The van der Waals surface area contributed by atoms with Crippen molar-refractivity contribution in [2.24, 2.45) is 0 Å². The third-order valence-corrected chi connectivity index (χ3v) is 2.69. The van der Waals surface area contributed by atoms with E-state index in [0.29, 0.717) is 13.0 Å². The molecule has 0 aromatic carbocycles. The van der Waals surface area contributed by atoms with Crippen LogP contribution in [-0.4, -0.2) is 37.0 Å². The molecule has 16 heavy (non-hydrogen) atoms. The van der Waals surface area contributed by atoms with Crippen molar-refractivity contribution >= 4 is 11.8 Å². The lowest BCUT2D eigenvalue weighted by atomic mass is 10.2. The van der Waals surface area contributed by atoms with Crippen LogP contribution in [0.5, 0.6) is 0 Å². The van der Waals surface area contributed by atoms with Crippen molar-refractivity contribution in [1.82, 2.24) is 16.0 Å². The Morgan fingerprint density at radius 2 is 2.38 bits per heavy atom. The summed E-state index contributed by atoms with van der Waals surface area (Å²) in [5, 5.41) is 8.74. The van der Waals surface area contributed by atoms with Crippen molar-refractivity contribution in [3.63, 3.8) is 0 Å². The molecule has 1 rings (SSSR count). The monoisotopic (exact) mass is 227 g/mol. The second kappa shape index (κ2) is 6.48. The summed E-state index contributed by atoms with van der Waals surface area (Å²) in [4.78, 5) is 22.6. The molecule has 1 fully saturated rings. The van der Waals surface area contributed by atoms with Crippen LogP contribution in [0.3, 0.4) is 0 Å². The first-order valence-corrected chi connectivity index (χ1v) is 5.94. The summed E-state index contributed by atoms with van der Waals surface area (Å²) < 4.78 is 0. The van der Waals surface area contributed by atoms with E-state index in [1.807, 2.05) is 6.92 Å². The smallest absolute Gasteiger partial charge is 0.236 e. The maximum absolute atomic E-state index is 11.6. The quantitative estimate of drug-likeness (QED) is 0.549. The Morgan fingerprint density at radius 1 is 1.62 bits per heavy atom. The van der Waals surface area contributed by atoms with Gasteiger partial charge in [0.15, 0.2) is 0 Å². The minimum Gasteiger partial charge on any atom is -0.355 e. The van der Waals surface area contributed by atoms with Gasteiger partial charge in [0, 0.05) is 25.6 Å². The minimum atomic E-state index is -0.241. The minimum absolute atomic E-state index is 0.00722. The van der Waals surface area contributed by atoms with Gasteiger partial charge in [0.25, 0.3) is 0 Å². The maximum atomic E-state index is 11.6. The third-order valence-electron chi connectivity index (χ3n) is 2.69. The first kappa shape index (κ1) is 13.0. The maximum Gasteiger partial charge on any atom is 0.236 e. The van der Waals surface area contributed by atoms with E-state index in [9.17, 15) is 9.59 Å². The molecule has 0 aromatic heterocycles. The molecule has 1 aliphatic rings. The lowest BCUT2D eigenvalue weighted by molar-refractivity contribution is -0.123. The normalized spacial score (nSPS) is 21.6. The van der Waals surface area contributed by atoms with Crippen molar-refractivity contribution in [2.45, 2.75) is 45.2 Å². The number of hydrogen-bond acceptors (Lipinski definition) is 3. The first-order chi connectivity index (χ1) is 7.63. The zero-order valence-corrected chi connectivity index (χ0v) is 10.0. The molecule has 0 bridgehead atoms. The van der Waals surface area contributed by atoms with Gasteiger partial charge in [0.2, 0.25) is 11.8 Å². The van der Waals surface area contributed by atoms with Crippen molar-refractivity contribution in [2.75, 3.05) is 13.1 Å². The van der Waals surface area contributed by atoms with Crippen molar-refractivity contribution in [3.05, 3.63) is 0 Å². The molecule has 0 radical (unpaired) electrons. The van der Waals surface area contributed by atoms with Gasteiger partial charge in [-0.25, -0.2) is 0 Å². The number of carbonyl (C=O) groups excluding carboxylic acids is 2. The van der Waals surface area contributed by atoms with E-state index in [4.69, 9.17) is 0 Å². The fourth-order valence-corrected chi connectivity index (χ4v) is 1.69.